The predicted molar refractivity (Wildman–Crippen MR) is 103 cm³/mol. The summed E-state index contributed by atoms with van der Waals surface area (Å²) >= 11 is 1.24. The van der Waals surface area contributed by atoms with Crippen molar-refractivity contribution in [3.63, 3.8) is 0 Å². The third kappa shape index (κ3) is 3.37. The Labute approximate surface area is 166 Å². The monoisotopic (exact) mass is 426 g/mol. The molecule has 0 spiro atoms. The van der Waals surface area contributed by atoms with Crippen molar-refractivity contribution in [2.75, 3.05) is 6.26 Å². The van der Waals surface area contributed by atoms with Crippen LogP contribution in [-0.2, 0) is 12.1 Å². The fourth-order valence-corrected chi connectivity index (χ4v) is 3.00. The number of fused-ring (bicyclic) bond motifs is 1. The summed E-state index contributed by atoms with van der Waals surface area (Å²) in [7, 11) is 0. The summed E-state index contributed by atoms with van der Waals surface area (Å²) in [4.78, 5) is 33.3. The molecule has 0 saturated heterocycles. The van der Waals surface area contributed by atoms with Crippen molar-refractivity contribution < 1.29 is 13.2 Å². The molecule has 0 fully saturated rings. The first kappa shape index (κ1) is 20.8. The number of hydrogen-bond acceptors (Lipinski definition) is 6. The summed E-state index contributed by atoms with van der Waals surface area (Å²) in [5, 5.41) is 4.46. The molecule has 0 aliphatic carbocycles. The Morgan fingerprint density at radius 3 is 2.52 bits per heavy atom. The summed E-state index contributed by atoms with van der Waals surface area (Å²) in [6.45, 7) is 5.35. The van der Waals surface area contributed by atoms with E-state index in [1.807, 2.05) is 0 Å². The van der Waals surface area contributed by atoms with Crippen molar-refractivity contribution in [1.82, 2.24) is 29.1 Å². The molecule has 29 heavy (non-hydrogen) atoms. The van der Waals surface area contributed by atoms with E-state index in [2.05, 4.69) is 21.6 Å². The summed E-state index contributed by atoms with van der Waals surface area (Å²) < 4.78 is 43.3. The van der Waals surface area contributed by atoms with Gasteiger partial charge in [-0.2, -0.15) is 13.2 Å². The lowest BCUT2D eigenvalue weighted by Crippen LogP contribution is -2.49. The van der Waals surface area contributed by atoms with Crippen molar-refractivity contribution >= 4 is 22.8 Å². The highest BCUT2D eigenvalue weighted by Crippen LogP contribution is 2.34. The first-order chi connectivity index (χ1) is 13.5. The van der Waals surface area contributed by atoms with Crippen molar-refractivity contribution in [3.05, 3.63) is 51.7 Å². The highest BCUT2D eigenvalue weighted by molar-refractivity contribution is 7.98. The van der Waals surface area contributed by atoms with Crippen LogP contribution in [0, 0.1) is 0 Å². The van der Waals surface area contributed by atoms with Crippen LogP contribution in [0.15, 0.2) is 45.7 Å². The van der Waals surface area contributed by atoms with E-state index >= 15 is 0 Å². The van der Waals surface area contributed by atoms with Gasteiger partial charge >= 0.3 is 6.18 Å². The van der Waals surface area contributed by atoms with E-state index in [1.54, 1.807) is 6.26 Å². The van der Waals surface area contributed by atoms with Crippen LogP contribution in [0.4, 0.5) is 13.2 Å². The van der Waals surface area contributed by atoms with Gasteiger partial charge in [-0.1, -0.05) is 17.8 Å². The zero-order valence-electron chi connectivity index (χ0n) is 15.8. The summed E-state index contributed by atoms with van der Waals surface area (Å²) in [6, 6.07) is 2.21. The van der Waals surface area contributed by atoms with Crippen molar-refractivity contribution in [2.45, 2.75) is 37.3 Å². The Kier molecular flexibility index (Phi) is 5.15. The van der Waals surface area contributed by atoms with Gasteiger partial charge in [0, 0.05) is 12.3 Å². The molecule has 154 valence electrons. The van der Waals surface area contributed by atoms with Gasteiger partial charge in [0.05, 0.1) is 6.54 Å². The van der Waals surface area contributed by atoms with Gasteiger partial charge in [0.25, 0.3) is 11.1 Å². The summed E-state index contributed by atoms with van der Waals surface area (Å²) in [5.41, 5.74) is -3.78. The zero-order valence-corrected chi connectivity index (χ0v) is 16.6. The van der Waals surface area contributed by atoms with E-state index in [0.29, 0.717) is 9.84 Å². The second-order valence-corrected chi connectivity index (χ2v) is 7.35. The average molecular weight is 426 g/mol. The summed E-state index contributed by atoms with van der Waals surface area (Å²) in [6.07, 6.45) is -0.178. The maximum Gasteiger partial charge on any atom is 0.413 e. The number of thioether (sulfide) groups is 1. The molecule has 0 aliphatic rings. The molecule has 12 heteroatoms. The van der Waals surface area contributed by atoms with Crippen LogP contribution in [0.25, 0.3) is 16.9 Å². The fraction of sp³-hybridized carbons (Fsp3) is 0.353. The Morgan fingerprint density at radius 2 is 1.93 bits per heavy atom. The molecule has 0 amide bonds. The molecule has 0 unspecified atom stereocenters. The third-order valence-corrected chi connectivity index (χ3v) is 4.93. The molecule has 0 N–H and O–H groups in total. The smallest absolute Gasteiger partial charge is 0.268 e. The molecule has 0 saturated carbocycles. The standard InChI is InChI=1S/C17H17F3N6O2S/c1-5-8-24-14(28)10-9-21-15(29-4)22-13(10)25(24)11-6-7-12(27)26(23-11)16(2,3)17(18,19)20/h5-7,9H,1,8H2,2-4H3. The van der Waals surface area contributed by atoms with Crippen LogP contribution in [0.2, 0.25) is 0 Å². The first-order valence-corrected chi connectivity index (χ1v) is 9.57. The fourth-order valence-electron chi connectivity index (χ4n) is 2.67. The number of aromatic nitrogens is 6. The number of halogens is 3. The molecular weight excluding hydrogens is 409 g/mol. The van der Waals surface area contributed by atoms with Gasteiger partial charge < -0.3 is 0 Å². The van der Waals surface area contributed by atoms with Gasteiger partial charge in [-0.3, -0.25) is 9.59 Å². The van der Waals surface area contributed by atoms with Crippen LogP contribution >= 0.6 is 11.8 Å². The quantitative estimate of drug-likeness (QED) is 0.354. The van der Waals surface area contributed by atoms with Crippen LogP contribution in [0.1, 0.15) is 13.8 Å². The van der Waals surface area contributed by atoms with Crippen LogP contribution in [0.5, 0.6) is 0 Å². The average Bonchev–Trinajstić information content (AvgIpc) is 2.93. The number of nitrogens with zero attached hydrogens (tertiary/aromatic N) is 6. The van der Waals surface area contributed by atoms with Crippen LogP contribution < -0.4 is 11.1 Å². The van der Waals surface area contributed by atoms with E-state index in [9.17, 15) is 22.8 Å². The molecule has 3 aromatic heterocycles. The maximum absolute atomic E-state index is 13.5. The maximum atomic E-state index is 13.5. The van der Waals surface area contributed by atoms with E-state index in [1.165, 1.54) is 39.5 Å². The molecule has 0 aromatic carbocycles. The third-order valence-electron chi connectivity index (χ3n) is 4.36. The Bertz CT molecular complexity index is 1210. The van der Waals surface area contributed by atoms with Gasteiger partial charge in [-0.25, -0.2) is 24.0 Å². The molecule has 3 rings (SSSR count). The lowest BCUT2D eigenvalue weighted by molar-refractivity contribution is -0.207. The van der Waals surface area contributed by atoms with Crippen molar-refractivity contribution in [2.24, 2.45) is 0 Å². The van der Waals surface area contributed by atoms with E-state index in [4.69, 9.17) is 0 Å². The molecule has 8 nitrogen and oxygen atoms in total. The Balaban J connectivity index is 2.38. The summed E-state index contributed by atoms with van der Waals surface area (Å²) in [5.74, 6) is -0.0679. The van der Waals surface area contributed by atoms with Gasteiger partial charge in [-0.15, -0.1) is 11.7 Å². The van der Waals surface area contributed by atoms with E-state index < -0.39 is 22.8 Å². The van der Waals surface area contributed by atoms with Gasteiger partial charge in [0.1, 0.15) is 5.39 Å². The second kappa shape index (κ2) is 7.17. The Morgan fingerprint density at radius 1 is 1.24 bits per heavy atom. The van der Waals surface area contributed by atoms with Crippen LogP contribution in [-0.4, -0.2) is 41.5 Å². The number of hydrogen-bond donors (Lipinski definition) is 0. The molecule has 3 heterocycles. The second-order valence-electron chi connectivity index (χ2n) is 6.58. The number of rotatable bonds is 5. The molecule has 0 aliphatic heterocycles. The molecule has 3 aromatic rings. The number of alkyl halides is 3. The Hall–Kier alpha value is -2.89. The van der Waals surface area contributed by atoms with Crippen LogP contribution in [0.3, 0.4) is 0 Å². The molecular formula is C17H17F3N6O2S. The highest BCUT2D eigenvalue weighted by atomic mass is 32.2. The molecule has 0 atom stereocenters. The minimum absolute atomic E-state index is 0.0489. The molecule has 0 radical (unpaired) electrons. The number of allylic oxidation sites excluding steroid dienone is 1. The van der Waals surface area contributed by atoms with Crippen molar-refractivity contribution in [1.29, 1.82) is 0 Å². The zero-order chi connectivity index (χ0) is 21.6. The van der Waals surface area contributed by atoms with Gasteiger partial charge in [0.15, 0.2) is 22.2 Å². The minimum atomic E-state index is -4.73. The topological polar surface area (TPSA) is 87.6 Å². The predicted octanol–water partition coefficient (Wildman–Crippen LogP) is 2.34. The normalized spacial score (nSPS) is 12.5. The highest BCUT2D eigenvalue weighted by Gasteiger charge is 2.50. The molecule has 0 bridgehead atoms. The van der Waals surface area contributed by atoms with Gasteiger partial charge in [-0.05, 0) is 26.2 Å². The lowest BCUT2D eigenvalue weighted by Gasteiger charge is -2.28. The van der Waals surface area contributed by atoms with Crippen molar-refractivity contribution in [3.8, 4) is 5.82 Å². The van der Waals surface area contributed by atoms with E-state index in [-0.39, 0.29) is 23.4 Å². The first-order valence-electron chi connectivity index (χ1n) is 8.34. The lowest BCUT2D eigenvalue weighted by atomic mass is 10.1. The van der Waals surface area contributed by atoms with Gasteiger partial charge in [0.2, 0.25) is 0 Å². The van der Waals surface area contributed by atoms with E-state index in [0.717, 1.165) is 19.9 Å². The largest absolute Gasteiger partial charge is 0.413 e. The SMILES string of the molecule is C=CCn1c(=O)c2cnc(SC)nc2n1-c1ccc(=O)n(C(C)(C)C(F)(F)F)n1. The minimum Gasteiger partial charge on any atom is -0.268 e.